The van der Waals surface area contributed by atoms with Crippen LogP contribution in [0.4, 0.5) is 11.6 Å². The number of aromatic nitrogens is 5. The normalized spacial score (nSPS) is 10.7. The van der Waals surface area contributed by atoms with Gasteiger partial charge < -0.3 is 10.6 Å². The van der Waals surface area contributed by atoms with Crippen LogP contribution in [-0.2, 0) is 0 Å². The first-order valence-electron chi connectivity index (χ1n) is 10.2. The molecule has 2 aromatic heterocycles. The van der Waals surface area contributed by atoms with E-state index in [1.165, 1.54) is 11.8 Å². The second-order valence-electron chi connectivity index (χ2n) is 7.08. The lowest BCUT2D eigenvalue weighted by Crippen LogP contribution is -2.26. The molecule has 162 valence electrons. The average Bonchev–Trinajstić information content (AvgIpc) is 3.26. The van der Waals surface area contributed by atoms with Gasteiger partial charge in [-0.1, -0.05) is 54.2 Å². The minimum Gasteiger partial charge on any atom is -0.351 e. The molecule has 0 saturated carbocycles. The fourth-order valence-corrected chi connectivity index (χ4v) is 3.78. The second kappa shape index (κ2) is 10.1. The summed E-state index contributed by atoms with van der Waals surface area (Å²) in [6, 6.07) is 19.0. The van der Waals surface area contributed by atoms with E-state index in [9.17, 15) is 4.79 Å². The Morgan fingerprint density at radius 2 is 1.69 bits per heavy atom. The van der Waals surface area contributed by atoms with Gasteiger partial charge >= 0.3 is 0 Å². The van der Waals surface area contributed by atoms with Gasteiger partial charge in [0.15, 0.2) is 5.82 Å². The molecule has 32 heavy (non-hydrogen) atoms. The van der Waals surface area contributed by atoms with E-state index < -0.39 is 0 Å². The van der Waals surface area contributed by atoms with Crippen LogP contribution in [0.1, 0.15) is 21.7 Å². The van der Waals surface area contributed by atoms with Gasteiger partial charge in [-0.2, -0.15) is 0 Å². The largest absolute Gasteiger partial charge is 0.351 e. The molecule has 0 aliphatic rings. The predicted octanol–water partition coefficient (Wildman–Crippen LogP) is 4.14. The first-order valence-corrected chi connectivity index (χ1v) is 11.1. The molecule has 4 rings (SSSR count). The van der Waals surface area contributed by atoms with E-state index in [0.29, 0.717) is 34.7 Å². The number of nitrogens with one attached hydrogen (secondary N) is 3. The molecular formula is C23H23N7OS. The number of aromatic amines is 1. The summed E-state index contributed by atoms with van der Waals surface area (Å²) < 4.78 is 0. The lowest BCUT2D eigenvalue weighted by Gasteiger charge is -2.12. The van der Waals surface area contributed by atoms with E-state index in [1.54, 1.807) is 6.07 Å². The number of amides is 1. The van der Waals surface area contributed by atoms with Gasteiger partial charge in [0.1, 0.15) is 0 Å². The summed E-state index contributed by atoms with van der Waals surface area (Å²) in [6.45, 7) is 4.30. The standard InChI is InChI=1S/C23H23N7OS/c1-15-14-16(2)26-22(25-15)27-19-11-7-6-10-18(19)21(31)24-12-13-32-23-28-20(29-30-23)17-8-4-3-5-9-17/h3-11,14H,12-13H2,1-2H3,(H,24,31)(H,25,26,27)(H,28,29,30). The second-order valence-corrected chi connectivity index (χ2v) is 8.14. The number of para-hydroxylation sites is 1. The molecular weight excluding hydrogens is 422 g/mol. The number of carbonyl (C=O) groups excluding carboxylic acids is 1. The number of benzene rings is 2. The molecule has 0 spiro atoms. The Hall–Kier alpha value is -3.72. The molecule has 4 aromatic rings. The molecule has 0 aliphatic carbocycles. The average molecular weight is 446 g/mol. The maximum absolute atomic E-state index is 12.8. The lowest BCUT2D eigenvalue weighted by atomic mass is 10.1. The lowest BCUT2D eigenvalue weighted by molar-refractivity contribution is 0.0957. The Kier molecular flexibility index (Phi) is 6.76. The van der Waals surface area contributed by atoms with Crippen LogP contribution in [0.15, 0.2) is 65.8 Å². The number of aryl methyl sites for hydroxylation is 2. The van der Waals surface area contributed by atoms with Crippen LogP contribution in [0.25, 0.3) is 11.4 Å². The van der Waals surface area contributed by atoms with Gasteiger partial charge in [-0.25, -0.2) is 15.0 Å². The summed E-state index contributed by atoms with van der Waals surface area (Å²) in [5.74, 6) is 1.68. The van der Waals surface area contributed by atoms with Crippen molar-refractivity contribution >= 4 is 29.3 Å². The highest BCUT2D eigenvalue weighted by atomic mass is 32.2. The minimum absolute atomic E-state index is 0.168. The summed E-state index contributed by atoms with van der Waals surface area (Å²) in [6.07, 6.45) is 0. The smallest absolute Gasteiger partial charge is 0.253 e. The maximum Gasteiger partial charge on any atom is 0.253 e. The Morgan fingerprint density at radius 1 is 0.969 bits per heavy atom. The SMILES string of the molecule is Cc1cc(C)nc(Nc2ccccc2C(=O)NCCSc2n[nH]c(-c3ccccc3)n2)n1. The van der Waals surface area contributed by atoms with Crippen molar-refractivity contribution in [1.82, 2.24) is 30.5 Å². The Labute approximate surface area is 190 Å². The number of carbonyl (C=O) groups is 1. The van der Waals surface area contributed by atoms with Gasteiger partial charge in [-0.15, -0.1) is 5.10 Å². The fourth-order valence-electron chi connectivity index (χ4n) is 3.13. The van der Waals surface area contributed by atoms with Gasteiger partial charge in [-0.3, -0.25) is 9.89 Å². The van der Waals surface area contributed by atoms with E-state index in [-0.39, 0.29) is 5.91 Å². The first-order chi connectivity index (χ1) is 15.6. The van der Waals surface area contributed by atoms with Crippen LogP contribution in [0, 0.1) is 13.8 Å². The van der Waals surface area contributed by atoms with Gasteiger partial charge in [0, 0.05) is 29.2 Å². The first kappa shape index (κ1) is 21.5. The molecule has 0 fully saturated rings. The molecule has 0 atom stereocenters. The van der Waals surface area contributed by atoms with Crippen LogP contribution in [0.2, 0.25) is 0 Å². The van der Waals surface area contributed by atoms with Gasteiger partial charge in [0.05, 0.1) is 11.3 Å². The van der Waals surface area contributed by atoms with Gasteiger partial charge in [0.25, 0.3) is 5.91 Å². The molecule has 0 aliphatic heterocycles. The molecule has 2 heterocycles. The van der Waals surface area contributed by atoms with Crippen molar-refractivity contribution in [3.05, 3.63) is 77.6 Å². The van der Waals surface area contributed by atoms with Gasteiger partial charge in [-0.05, 0) is 32.0 Å². The Morgan fingerprint density at radius 3 is 2.47 bits per heavy atom. The highest BCUT2D eigenvalue weighted by Gasteiger charge is 2.12. The third kappa shape index (κ3) is 5.50. The third-order valence-corrected chi connectivity index (χ3v) is 5.38. The molecule has 0 saturated heterocycles. The molecule has 2 aromatic carbocycles. The van der Waals surface area contributed by atoms with E-state index in [1.807, 2.05) is 68.4 Å². The molecule has 0 radical (unpaired) electrons. The molecule has 0 bridgehead atoms. The highest BCUT2D eigenvalue weighted by Crippen LogP contribution is 2.20. The number of hydrogen-bond acceptors (Lipinski definition) is 7. The van der Waals surface area contributed by atoms with Crippen molar-refractivity contribution in [1.29, 1.82) is 0 Å². The Balaban J connectivity index is 1.32. The topological polar surface area (TPSA) is 108 Å². The van der Waals surface area contributed by atoms with Crippen molar-refractivity contribution in [2.24, 2.45) is 0 Å². The number of hydrogen-bond donors (Lipinski definition) is 3. The maximum atomic E-state index is 12.8. The van der Waals surface area contributed by atoms with E-state index in [2.05, 4.69) is 35.8 Å². The summed E-state index contributed by atoms with van der Waals surface area (Å²) in [7, 11) is 0. The van der Waals surface area contributed by atoms with Crippen LogP contribution < -0.4 is 10.6 Å². The van der Waals surface area contributed by atoms with Crippen LogP contribution in [-0.4, -0.2) is 43.4 Å². The number of rotatable bonds is 8. The van der Waals surface area contributed by atoms with E-state index in [4.69, 9.17) is 0 Å². The van der Waals surface area contributed by atoms with E-state index >= 15 is 0 Å². The van der Waals surface area contributed by atoms with Crippen molar-refractivity contribution in [3.63, 3.8) is 0 Å². The molecule has 0 unspecified atom stereocenters. The third-order valence-electron chi connectivity index (χ3n) is 4.53. The number of thioether (sulfide) groups is 1. The van der Waals surface area contributed by atoms with Gasteiger partial charge in [0.2, 0.25) is 11.1 Å². The zero-order chi connectivity index (χ0) is 22.3. The zero-order valence-electron chi connectivity index (χ0n) is 17.8. The Bertz CT molecular complexity index is 1190. The van der Waals surface area contributed by atoms with Crippen molar-refractivity contribution in [2.45, 2.75) is 19.0 Å². The zero-order valence-corrected chi connectivity index (χ0v) is 18.6. The number of H-pyrrole nitrogens is 1. The molecule has 8 nitrogen and oxygen atoms in total. The van der Waals surface area contributed by atoms with Crippen molar-refractivity contribution < 1.29 is 4.79 Å². The molecule has 1 amide bonds. The van der Waals surface area contributed by atoms with Crippen LogP contribution >= 0.6 is 11.8 Å². The van der Waals surface area contributed by atoms with Crippen molar-refractivity contribution in [3.8, 4) is 11.4 Å². The van der Waals surface area contributed by atoms with Crippen molar-refractivity contribution in [2.75, 3.05) is 17.6 Å². The van der Waals surface area contributed by atoms with E-state index in [0.717, 1.165) is 22.8 Å². The quantitative estimate of drug-likeness (QED) is 0.276. The monoisotopic (exact) mass is 445 g/mol. The fraction of sp³-hybridized carbons (Fsp3) is 0.174. The summed E-state index contributed by atoms with van der Waals surface area (Å²) in [5, 5.41) is 13.9. The summed E-state index contributed by atoms with van der Waals surface area (Å²) in [5.41, 5.74) is 3.90. The number of anilines is 2. The highest BCUT2D eigenvalue weighted by molar-refractivity contribution is 7.99. The van der Waals surface area contributed by atoms with Crippen LogP contribution in [0.3, 0.4) is 0 Å². The summed E-state index contributed by atoms with van der Waals surface area (Å²) in [4.78, 5) is 26.0. The molecule has 3 N–H and O–H groups in total. The summed E-state index contributed by atoms with van der Waals surface area (Å²) >= 11 is 1.48. The number of nitrogens with zero attached hydrogens (tertiary/aromatic N) is 4. The van der Waals surface area contributed by atoms with Crippen LogP contribution in [0.5, 0.6) is 0 Å². The minimum atomic E-state index is -0.168. The molecule has 9 heteroatoms. The predicted molar refractivity (Wildman–Crippen MR) is 126 cm³/mol.